The number of nitrogens with one attached hydrogen (secondary N) is 1. The molecule has 0 saturated heterocycles. The number of fused-ring (bicyclic) bond motifs is 1. The number of halogens is 1. The van der Waals surface area contributed by atoms with Gasteiger partial charge in [0.1, 0.15) is 5.75 Å². The Morgan fingerprint density at radius 1 is 1.10 bits per heavy atom. The largest absolute Gasteiger partial charge is 0.436 e. The molecule has 100 valence electrons. The third kappa shape index (κ3) is 2.25. The Kier molecular flexibility index (Phi) is 3.16. The SMILES string of the molecule is CNc1ncc(F)c(Oc2cccc3ccccc23)n1. The van der Waals surface area contributed by atoms with Gasteiger partial charge in [-0.25, -0.2) is 4.98 Å². The summed E-state index contributed by atoms with van der Waals surface area (Å²) in [4.78, 5) is 7.76. The molecule has 0 bridgehead atoms. The maximum Gasteiger partial charge on any atom is 0.260 e. The van der Waals surface area contributed by atoms with Crippen molar-refractivity contribution in [1.82, 2.24) is 9.97 Å². The van der Waals surface area contributed by atoms with Gasteiger partial charge in [0.25, 0.3) is 5.88 Å². The zero-order valence-electron chi connectivity index (χ0n) is 10.8. The number of ether oxygens (including phenoxy) is 1. The molecule has 3 aromatic rings. The Hall–Kier alpha value is -2.69. The molecule has 4 nitrogen and oxygen atoms in total. The van der Waals surface area contributed by atoms with E-state index >= 15 is 0 Å². The summed E-state index contributed by atoms with van der Waals surface area (Å²) in [5.41, 5.74) is 0. The molecule has 3 rings (SSSR count). The molecule has 2 aromatic carbocycles. The van der Waals surface area contributed by atoms with Crippen LogP contribution >= 0.6 is 0 Å². The van der Waals surface area contributed by atoms with Gasteiger partial charge in [0.05, 0.1) is 6.20 Å². The fraction of sp³-hybridized carbons (Fsp3) is 0.0667. The van der Waals surface area contributed by atoms with Gasteiger partial charge < -0.3 is 10.1 Å². The van der Waals surface area contributed by atoms with Crippen molar-refractivity contribution in [3.05, 3.63) is 54.5 Å². The topological polar surface area (TPSA) is 47.0 Å². The molecule has 1 heterocycles. The molecule has 0 spiro atoms. The normalized spacial score (nSPS) is 10.5. The summed E-state index contributed by atoms with van der Waals surface area (Å²) in [6.07, 6.45) is 1.08. The van der Waals surface area contributed by atoms with E-state index in [1.165, 1.54) is 0 Å². The van der Waals surface area contributed by atoms with Gasteiger partial charge in [0, 0.05) is 12.4 Å². The minimum Gasteiger partial charge on any atom is -0.436 e. The van der Waals surface area contributed by atoms with Gasteiger partial charge in [-0.1, -0.05) is 36.4 Å². The lowest BCUT2D eigenvalue weighted by Crippen LogP contribution is -2.00. The molecule has 0 aliphatic heterocycles. The van der Waals surface area contributed by atoms with E-state index in [1.54, 1.807) is 13.1 Å². The van der Waals surface area contributed by atoms with E-state index in [9.17, 15) is 4.39 Å². The van der Waals surface area contributed by atoms with E-state index in [4.69, 9.17) is 4.74 Å². The van der Waals surface area contributed by atoms with Crippen molar-refractivity contribution in [1.29, 1.82) is 0 Å². The first-order valence-electron chi connectivity index (χ1n) is 6.14. The number of benzene rings is 2. The van der Waals surface area contributed by atoms with E-state index in [-0.39, 0.29) is 5.88 Å². The summed E-state index contributed by atoms with van der Waals surface area (Å²) in [6.45, 7) is 0. The molecule has 0 aliphatic rings. The van der Waals surface area contributed by atoms with Crippen molar-refractivity contribution in [2.75, 3.05) is 12.4 Å². The van der Waals surface area contributed by atoms with Crippen molar-refractivity contribution >= 4 is 16.7 Å². The highest BCUT2D eigenvalue weighted by Crippen LogP contribution is 2.30. The second-order valence-corrected chi connectivity index (χ2v) is 4.18. The number of nitrogens with zero attached hydrogens (tertiary/aromatic N) is 2. The van der Waals surface area contributed by atoms with Crippen LogP contribution in [0.1, 0.15) is 0 Å². The third-order valence-corrected chi connectivity index (χ3v) is 2.89. The molecule has 20 heavy (non-hydrogen) atoms. The van der Waals surface area contributed by atoms with Crippen LogP contribution in [0.3, 0.4) is 0 Å². The van der Waals surface area contributed by atoms with Gasteiger partial charge in [0.2, 0.25) is 11.8 Å². The first kappa shape index (κ1) is 12.3. The fourth-order valence-corrected chi connectivity index (χ4v) is 1.93. The van der Waals surface area contributed by atoms with Crippen LogP contribution in [-0.2, 0) is 0 Å². The van der Waals surface area contributed by atoms with Crippen molar-refractivity contribution in [3.63, 3.8) is 0 Å². The molecular formula is C15H12FN3O. The summed E-state index contributed by atoms with van der Waals surface area (Å²) in [5, 5.41) is 4.67. The molecular weight excluding hydrogens is 257 g/mol. The average Bonchev–Trinajstić information content (AvgIpc) is 2.50. The second kappa shape index (κ2) is 5.13. The molecule has 0 saturated carbocycles. The van der Waals surface area contributed by atoms with E-state index in [2.05, 4.69) is 15.3 Å². The second-order valence-electron chi connectivity index (χ2n) is 4.18. The Morgan fingerprint density at radius 3 is 2.75 bits per heavy atom. The van der Waals surface area contributed by atoms with Gasteiger partial charge in [-0.15, -0.1) is 0 Å². The maximum atomic E-state index is 13.7. The summed E-state index contributed by atoms with van der Waals surface area (Å²) in [5.74, 6) is 0.169. The van der Waals surface area contributed by atoms with Gasteiger partial charge in [-0.2, -0.15) is 9.37 Å². The average molecular weight is 269 g/mol. The molecule has 0 fully saturated rings. The Balaban J connectivity index is 2.05. The zero-order chi connectivity index (χ0) is 13.9. The number of rotatable bonds is 3. The quantitative estimate of drug-likeness (QED) is 0.789. The lowest BCUT2D eigenvalue weighted by Gasteiger charge is -2.09. The molecule has 0 radical (unpaired) electrons. The summed E-state index contributed by atoms with van der Waals surface area (Å²) in [6, 6.07) is 13.3. The predicted octanol–water partition coefficient (Wildman–Crippen LogP) is 3.60. The molecule has 0 amide bonds. The highest BCUT2D eigenvalue weighted by Gasteiger charge is 2.10. The van der Waals surface area contributed by atoms with Crippen LogP contribution < -0.4 is 10.1 Å². The molecule has 0 atom stereocenters. The molecule has 1 aromatic heterocycles. The van der Waals surface area contributed by atoms with Crippen LogP contribution in [0, 0.1) is 5.82 Å². The zero-order valence-corrected chi connectivity index (χ0v) is 10.8. The van der Waals surface area contributed by atoms with Crippen LogP contribution in [0.4, 0.5) is 10.3 Å². The third-order valence-electron chi connectivity index (χ3n) is 2.89. The number of aromatic nitrogens is 2. The highest BCUT2D eigenvalue weighted by atomic mass is 19.1. The minimum atomic E-state index is -0.600. The van der Waals surface area contributed by atoms with Crippen molar-refractivity contribution < 1.29 is 9.13 Å². The predicted molar refractivity (Wildman–Crippen MR) is 75.6 cm³/mol. The van der Waals surface area contributed by atoms with Gasteiger partial charge in [-0.3, -0.25) is 0 Å². The van der Waals surface area contributed by atoms with E-state index in [0.717, 1.165) is 17.0 Å². The number of hydrogen-bond donors (Lipinski definition) is 1. The summed E-state index contributed by atoms with van der Waals surface area (Å²) in [7, 11) is 1.66. The summed E-state index contributed by atoms with van der Waals surface area (Å²) >= 11 is 0. The van der Waals surface area contributed by atoms with Gasteiger partial charge in [0.15, 0.2) is 0 Å². The van der Waals surface area contributed by atoms with Crippen LogP contribution in [-0.4, -0.2) is 17.0 Å². The van der Waals surface area contributed by atoms with E-state index in [0.29, 0.717) is 11.7 Å². The van der Waals surface area contributed by atoms with Crippen LogP contribution in [0.15, 0.2) is 48.7 Å². The molecule has 5 heteroatoms. The van der Waals surface area contributed by atoms with E-state index < -0.39 is 5.82 Å². The maximum absolute atomic E-state index is 13.7. The van der Waals surface area contributed by atoms with Gasteiger partial charge in [-0.05, 0) is 11.5 Å². The monoisotopic (exact) mass is 269 g/mol. The van der Waals surface area contributed by atoms with Crippen molar-refractivity contribution in [3.8, 4) is 11.6 Å². The number of hydrogen-bond acceptors (Lipinski definition) is 4. The summed E-state index contributed by atoms with van der Waals surface area (Å²) < 4.78 is 19.3. The standard InChI is InChI=1S/C15H12FN3O/c1-17-15-18-9-12(16)14(19-15)20-13-8-4-6-10-5-2-3-7-11(10)13/h2-9H,1H3,(H,17,18,19). The number of anilines is 1. The molecule has 1 N–H and O–H groups in total. The first-order chi connectivity index (χ1) is 9.78. The van der Waals surface area contributed by atoms with Crippen molar-refractivity contribution in [2.45, 2.75) is 0 Å². The lowest BCUT2D eigenvalue weighted by molar-refractivity contribution is 0.424. The Bertz CT molecular complexity index is 756. The highest BCUT2D eigenvalue weighted by molar-refractivity contribution is 5.88. The van der Waals surface area contributed by atoms with Gasteiger partial charge >= 0.3 is 0 Å². The van der Waals surface area contributed by atoms with Crippen LogP contribution in [0.2, 0.25) is 0 Å². The lowest BCUT2D eigenvalue weighted by atomic mass is 10.1. The van der Waals surface area contributed by atoms with E-state index in [1.807, 2.05) is 36.4 Å². The molecule has 0 aliphatic carbocycles. The Labute approximate surface area is 115 Å². The minimum absolute atomic E-state index is 0.0966. The molecule has 0 unspecified atom stereocenters. The van der Waals surface area contributed by atoms with Crippen LogP contribution in [0.5, 0.6) is 11.6 Å². The fourth-order valence-electron chi connectivity index (χ4n) is 1.93. The van der Waals surface area contributed by atoms with Crippen LogP contribution in [0.25, 0.3) is 10.8 Å². The first-order valence-corrected chi connectivity index (χ1v) is 6.14. The van der Waals surface area contributed by atoms with Crippen molar-refractivity contribution in [2.24, 2.45) is 0 Å². The smallest absolute Gasteiger partial charge is 0.260 e. The Morgan fingerprint density at radius 2 is 1.90 bits per heavy atom.